The summed E-state index contributed by atoms with van der Waals surface area (Å²) >= 11 is 0. The lowest BCUT2D eigenvalue weighted by molar-refractivity contribution is 0.0595. The number of esters is 1. The Bertz CT molecular complexity index is 604. The molecule has 0 saturated carbocycles. The Kier molecular flexibility index (Phi) is 5.94. The van der Waals surface area contributed by atoms with E-state index in [1.54, 1.807) is 0 Å². The summed E-state index contributed by atoms with van der Waals surface area (Å²) in [6, 6.07) is 0. The van der Waals surface area contributed by atoms with E-state index in [4.69, 9.17) is 9.52 Å². The topological polar surface area (TPSA) is 106 Å². The van der Waals surface area contributed by atoms with Gasteiger partial charge in [0.2, 0.25) is 10.0 Å². The molecule has 0 amide bonds. The van der Waals surface area contributed by atoms with E-state index in [0.717, 1.165) is 0 Å². The van der Waals surface area contributed by atoms with Crippen LogP contribution >= 0.6 is 0 Å². The summed E-state index contributed by atoms with van der Waals surface area (Å²) < 4.78 is 37.0. The SMILES string of the molecule is COC(=O)c1c(C)oc(C)c1S(=O)(=O)NCC(C)CCO. The summed E-state index contributed by atoms with van der Waals surface area (Å²) in [7, 11) is -2.72. The molecule has 1 atom stereocenters. The molecule has 0 aliphatic heterocycles. The molecule has 21 heavy (non-hydrogen) atoms. The molecule has 7 nitrogen and oxygen atoms in total. The summed E-state index contributed by atoms with van der Waals surface area (Å²) in [4.78, 5) is 11.6. The van der Waals surface area contributed by atoms with Gasteiger partial charge in [-0.1, -0.05) is 6.92 Å². The number of carbonyl (C=O) groups is 1. The Hall–Kier alpha value is -1.38. The molecule has 0 spiro atoms. The van der Waals surface area contributed by atoms with E-state index in [1.165, 1.54) is 21.0 Å². The number of rotatable bonds is 7. The summed E-state index contributed by atoms with van der Waals surface area (Å²) in [6.07, 6.45) is 0.482. The van der Waals surface area contributed by atoms with Crippen molar-refractivity contribution in [2.24, 2.45) is 5.92 Å². The molecule has 0 aromatic carbocycles. The first kappa shape index (κ1) is 17.7. The van der Waals surface area contributed by atoms with Crippen LogP contribution in [0.5, 0.6) is 0 Å². The molecule has 0 aliphatic rings. The molecule has 1 rings (SSSR count). The second kappa shape index (κ2) is 7.06. The van der Waals surface area contributed by atoms with Crippen molar-refractivity contribution < 1.29 is 27.5 Å². The Morgan fingerprint density at radius 2 is 2.00 bits per heavy atom. The van der Waals surface area contributed by atoms with Crippen LogP contribution in [-0.2, 0) is 14.8 Å². The number of furan rings is 1. The fourth-order valence-electron chi connectivity index (χ4n) is 1.97. The molecule has 1 unspecified atom stereocenters. The van der Waals surface area contributed by atoms with Gasteiger partial charge in [0.1, 0.15) is 22.0 Å². The van der Waals surface area contributed by atoms with Crippen molar-refractivity contribution in [3.8, 4) is 0 Å². The zero-order valence-corrected chi connectivity index (χ0v) is 13.4. The minimum Gasteiger partial charge on any atom is -0.465 e. The lowest BCUT2D eigenvalue weighted by Crippen LogP contribution is -2.30. The molecular formula is C13H21NO6S. The quantitative estimate of drug-likeness (QED) is 0.726. The van der Waals surface area contributed by atoms with E-state index in [0.29, 0.717) is 6.42 Å². The van der Waals surface area contributed by atoms with Gasteiger partial charge in [-0.3, -0.25) is 0 Å². The zero-order chi connectivity index (χ0) is 16.2. The summed E-state index contributed by atoms with van der Waals surface area (Å²) in [5.41, 5.74) is -0.0858. The highest BCUT2D eigenvalue weighted by molar-refractivity contribution is 7.89. The molecule has 0 bridgehead atoms. The molecule has 1 aromatic heterocycles. The molecule has 2 N–H and O–H groups in total. The number of aliphatic hydroxyl groups is 1. The Morgan fingerprint density at radius 3 is 2.52 bits per heavy atom. The normalized spacial score (nSPS) is 13.2. The first-order valence-electron chi connectivity index (χ1n) is 6.53. The fraction of sp³-hybridized carbons (Fsp3) is 0.615. The highest BCUT2D eigenvalue weighted by atomic mass is 32.2. The van der Waals surface area contributed by atoms with Crippen molar-refractivity contribution in [2.75, 3.05) is 20.3 Å². The largest absolute Gasteiger partial charge is 0.465 e. The van der Waals surface area contributed by atoms with Crippen molar-refractivity contribution in [1.29, 1.82) is 0 Å². The van der Waals surface area contributed by atoms with Gasteiger partial charge in [-0.25, -0.2) is 17.9 Å². The van der Waals surface area contributed by atoms with E-state index in [2.05, 4.69) is 9.46 Å². The third-order valence-corrected chi connectivity index (χ3v) is 4.68. The average Bonchev–Trinajstić information content (AvgIpc) is 2.71. The van der Waals surface area contributed by atoms with Crippen LogP contribution in [0.15, 0.2) is 9.31 Å². The molecule has 0 fully saturated rings. The van der Waals surface area contributed by atoms with Crippen LogP contribution in [-0.4, -0.2) is 39.8 Å². The van der Waals surface area contributed by atoms with Crippen LogP contribution in [0.3, 0.4) is 0 Å². The number of methoxy groups -OCH3 is 1. The maximum absolute atomic E-state index is 12.4. The lowest BCUT2D eigenvalue weighted by atomic mass is 10.1. The molecule has 0 radical (unpaired) electrons. The van der Waals surface area contributed by atoms with Gasteiger partial charge in [0.15, 0.2) is 0 Å². The van der Waals surface area contributed by atoms with Crippen molar-refractivity contribution in [3.05, 3.63) is 17.1 Å². The third-order valence-electron chi connectivity index (χ3n) is 3.11. The molecule has 8 heteroatoms. The number of nitrogens with one attached hydrogen (secondary N) is 1. The first-order chi connectivity index (χ1) is 9.74. The second-order valence-corrected chi connectivity index (χ2v) is 6.58. The van der Waals surface area contributed by atoms with Gasteiger partial charge < -0.3 is 14.3 Å². The number of aliphatic hydroxyl groups excluding tert-OH is 1. The van der Waals surface area contributed by atoms with E-state index in [1.807, 2.05) is 6.92 Å². The molecule has 0 aliphatic carbocycles. The van der Waals surface area contributed by atoms with Crippen LogP contribution in [0.25, 0.3) is 0 Å². The number of hydrogen-bond donors (Lipinski definition) is 2. The van der Waals surface area contributed by atoms with Gasteiger partial charge in [0.05, 0.1) is 7.11 Å². The first-order valence-corrected chi connectivity index (χ1v) is 8.01. The standard InChI is InChI=1S/C13H21NO6S/c1-8(5-6-15)7-14-21(17,18)12-10(3)20-9(2)11(12)13(16)19-4/h8,14-15H,5-7H2,1-4H3. The summed E-state index contributed by atoms with van der Waals surface area (Å²) in [5, 5.41) is 8.83. The summed E-state index contributed by atoms with van der Waals surface area (Å²) in [5.74, 6) is -0.453. The molecule has 0 saturated heterocycles. The van der Waals surface area contributed by atoms with Crippen LogP contribution in [0.2, 0.25) is 0 Å². The predicted molar refractivity (Wildman–Crippen MR) is 75.6 cm³/mol. The molecule has 120 valence electrons. The van der Waals surface area contributed by atoms with Crippen molar-refractivity contribution in [3.63, 3.8) is 0 Å². The van der Waals surface area contributed by atoms with E-state index in [-0.39, 0.29) is 41.0 Å². The van der Waals surface area contributed by atoms with Crippen LogP contribution in [0.1, 0.15) is 35.2 Å². The van der Waals surface area contributed by atoms with Gasteiger partial charge in [0.25, 0.3) is 0 Å². The maximum Gasteiger partial charge on any atom is 0.342 e. The van der Waals surface area contributed by atoms with E-state index < -0.39 is 16.0 Å². The van der Waals surface area contributed by atoms with Crippen LogP contribution in [0.4, 0.5) is 0 Å². The third kappa shape index (κ3) is 4.05. The lowest BCUT2D eigenvalue weighted by Gasteiger charge is -2.12. The fourth-order valence-corrected chi connectivity index (χ4v) is 3.54. The average molecular weight is 319 g/mol. The van der Waals surface area contributed by atoms with Gasteiger partial charge in [0, 0.05) is 13.2 Å². The minimum atomic E-state index is -3.90. The van der Waals surface area contributed by atoms with Gasteiger partial charge in [-0.2, -0.15) is 0 Å². The molecular weight excluding hydrogens is 298 g/mol. The smallest absolute Gasteiger partial charge is 0.342 e. The van der Waals surface area contributed by atoms with Gasteiger partial charge in [-0.15, -0.1) is 0 Å². The Morgan fingerprint density at radius 1 is 1.38 bits per heavy atom. The van der Waals surface area contributed by atoms with Gasteiger partial charge in [-0.05, 0) is 26.2 Å². The Labute approximate surface area is 124 Å². The molecule has 1 heterocycles. The number of carbonyl (C=O) groups excluding carboxylic acids is 1. The maximum atomic E-state index is 12.4. The van der Waals surface area contributed by atoms with Crippen molar-refractivity contribution >= 4 is 16.0 Å². The minimum absolute atomic E-state index is 0.0137. The monoisotopic (exact) mass is 319 g/mol. The van der Waals surface area contributed by atoms with Crippen molar-refractivity contribution in [1.82, 2.24) is 4.72 Å². The van der Waals surface area contributed by atoms with E-state index in [9.17, 15) is 13.2 Å². The van der Waals surface area contributed by atoms with Crippen LogP contribution < -0.4 is 4.72 Å². The number of hydrogen-bond acceptors (Lipinski definition) is 6. The second-order valence-electron chi connectivity index (χ2n) is 4.88. The van der Waals surface area contributed by atoms with Crippen molar-refractivity contribution in [2.45, 2.75) is 32.1 Å². The van der Waals surface area contributed by atoms with Crippen LogP contribution in [0, 0.1) is 19.8 Å². The Balaban J connectivity index is 3.11. The highest BCUT2D eigenvalue weighted by Gasteiger charge is 2.31. The number of sulfonamides is 1. The summed E-state index contributed by atoms with van der Waals surface area (Å²) in [6.45, 7) is 4.94. The highest BCUT2D eigenvalue weighted by Crippen LogP contribution is 2.27. The predicted octanol–water partition coefficient (Wildman–Crippen LogP) is 0.980. The molecule has 1 aromatic rings. The van der Waals surface area contributed by atoms with E-state index >= 15 is 0 Å². The van der Waals surface area contributed by atoms with Gasteiger partial charge >= 0.3 is 5.97 Å². The zero-order valence-electron chi connectivity index (χ0n) is 12.6. The number of aryl methyl sites for hydroxylation is 2. The number of ether oxygens (including phenoxy) is 1.